The Bertz CT molecular complexity index is 1260. The average Bonchev–Trinajstić information content (AvgIpc) is 3.23. The molecule has 0 saturated heterocycles. The summed E-state index contributed by atoms with van der Waals surface area (Å²) in [5, 5.41) is 11.4. The van der Waals surface area contributed by atoms with Gasteiger partial charge in [0.15, 0.2) is 4.90 Å². The van der Waals surface area contributed by atoms with Crippen LogP contribution in [-0.2, 0) is 16.4 Å². The largest absolute Gasteiger partial charge is 0.378 e. The molecule has 33 heavy (non-hydrogen) atoms. The van der Waals surface area contributed by atoms with Crippen LogP contribution in [0.15, 0.2) is 77.7 Å². The molecule has 0 radical (unpaired) electrons. The van der Waals surface area contributed by atoms with Crippen LogP contribution in [-0.4, -0.2) is 40.5 Å². The summed E-state index contributed by atoms with van der Waals surface area (Å²) in [7, 11) is -0.169. The van der Waals surface area contributed by atoms with Gasteiger partial charge in [0.2, 0.25) is 10.0 Å². The van der Waals surface area contributed by atoms with Crippen molar-refractivity contribution in [1.29, 1.82) is 0 Å². The fourth-order valence-corrected chi connectivity index (χ4v) is 5.40. The van der Waals surface area contributed by atoms with Gasteiger partial charge in [-0.3, -0.25) is 10.1 Å². The second-order valence-corrected chi connectivity index (χ2v) is 9.89. The zero-order chi connectivity index (χ0) is 23.6. The number of nitrogens with one attached hydrogen (secondary N) is 1. The predicted molar refractivity (Wildman–Crippen MR) is 129 cm³/mol. The van der Waals surface area contributed by atoms with Crippen LogP contribution in [0.2, 0.25) is 0 Å². The number of nitro benzene ring substituents is 1. The first-order valence-corrected chi connectivity index (χ1v) is 12.1. The van der Waals surface area contributed by atoms with Gasteiger partial charge in [-0.15, -0.1) is 0 Å². The summed E-state index contributed by atoms with van der Waals surface area (Å²) in [4.78, 5) is 14.5. The van der Waals surface area contributed by atoms with E-state index in [1.54, 1.807) is 0 Å². The third-order valence-electron chi connectivity index (χ3n) is 5.91. The van der Waals surface area contributed by atoms with E-state index < -0.39 is 20.6 Å². The molecule has 1 N–H and O–H groups in total. The van der Waals surface area contributed by atoms with Crippen LogP contribution in [0.25, 0.3) is 0 Å². The summed E-state index contributed by atoms with van der Waals surface area (Å²) >= 11 is 0. The highest BCUT2D eigenvalue weighted by atomic mass is 32.2. The molecule has 0 saturated carbocycles. The molecule has 0 amide bonds. The molecule has 172 valence electrons. The minimum Gasteiger partial charge on any atom is -0.378 e. The number of nitro groups is 1. The summed E-state index contributed by atoms with van der Waals surface area (Å²) in [6.07, 6.45) is 0.874. The number of nitrogens with zero attached hydrogens (tertiary/aromatic N) is 3. The van der Waals surface area contributed by atoms with E-state index in [2.05, 4.69) is 15.7 Å². The molecule has 0 fully saturated rings. The third-order valence-corrected chi connectivity index (χ3v) is 7.38. The first kappa shape index (κ1) is 22.8. The quantitative estimate of drug-likeness (QED) is 0.401. The maximum atomic E-state index is 13.1. The van der Waals surface area contributed by atoms with Crippen molar-refractivity contribution in [3.05, 3.63) is 94.0 Å². The molecule has 1 aliphatic heterocycles. The van der Waals surface area contributed by atoms with E-state index in [4.69, 9.17) is 0 Å². The van der Waals surface area contributed by atoms with Crippen molar-refractivity contribution in [3.8, 4) is 0 Å². The SMILES string of the molecule is CN(C)c1ccc(C(CNS(=O)(=O)c2ccccc2[N+](=O)[O-])N2CCc3ccccc32)cc1. The number of rotatable bonds is 8. The van der Waals surface area contributed by atoms with Crippen molar-refractivity contribution >= 4 is 27.1 Å². The summed E-state index contributed by atoms with van der Waals surface area (Å²) in [6.45, 7) is 0.830. The van der Waals surface area contributed by atoms with Crippen LogP contribution < -0.4 is 14.5 Å². The molecular weight excluding hydrogens is 440 g/mol. The van der Waals surface area contributed by atoms with Gasteiger partial charge in [-0.2, -0.15) is 0 Å². The van der Waals surface area contributed by atoms with Crippen LogP contribution in [0, 0.1) is 10.1 Å². The summed E-state index contributed by atoms with van der Waals surface area (Å²) in [6, 6.07) is 21.2. The lowest BCUT2D eigenvalue weighted by Crippen LogP contribution is -2.37. The lowest BCUT2D eigenvalue weighted by molar-refractivity contribution is -0.387. The normalized spacial score (nSPS) is 14.1. The first-order valence-electron chi connectivity index (χ1n) is 10.6. The molecular formula is C24H26N4O4S. The number of benzene rings is 3. The molecule has 1 aliphatic rings. The van der Waals surface area contributed by atoms with Gasteiger partial charge in [0.05, 0.1) is 11.0 Å². The highest BCUT2D eigenvalue weighted by Crippen LogP contribution is 2.35. The van der Waals surface area contributed by atoms with Crippen LogP contribution >= 0.6 is 0 Å². The molecule has 3 aromatic carbocycles. The van der Waals surface area contributed by atoms with E-state index in [0.29, 0.717) is 0 Å². The molecule has 9 heteroatoms. The van der Waals surface area contributed by atoms with Crippen molar-refractivity contribution in [2.24, 2.45) is 0 Å². The molecule has 0 bridgehead atoms. The van der Waals surface area contributed by atoms with Crippen molar-refractivity contribution in [1.82, 2.24) is 4.72 Å². The van der Waals surface area contributed by atoms with Crippen LogP contribution in [0.1, 0.15) is 17.2 Å². The van der Waals surface area contributed by atoms with Crippen molar-refractivity contribution in [2.75, 3.05) is 37.0 Å². The lowest BCUT2D eigenvalue weighted by Gasteiger charge is -2.31. The molecule has 8 nitrogen and oxygen atoms in total. The minimum atomic E-state index is -4.09. The fourth-order valence-electron chi connectivity index (χ4n) is 4.19. The Morgan fingerprint density at radius 1 is 1.03 bits per heavy atom. The molecule has 3 aromatic rings. The van der Waals surface area contributed by atoms with Crippen LogP contribution in [0.4, 0.5) is 17.1 Å². The van der Waals surface area contributed by atoms with Gasteiger partial charge in [0.1, 0.15) is 0 Å². The maximum absolute atomic E-state index is 13.1. The molecule has 1 heterocycles. The van der Waals surface area contributed by atoms with Gasteiger partial charge >= 0.3 is 0 Å². The topological polar surface area (TPSA) is 95.8 Å². The molecule has 0 aromatic heterocycles. The Morgan fingerprint density at radius 3 is 2.39 bits per heavy atom. The van der Waals surface area contributed by atoms with Crippen LogP contribution in [0.5, 0.6) is 0 Å². The Kier molecular flexibility index (Phi) is 6.35. The number of fused-ring (bicyclic) bond motifs is 1. The zero-order valence-corrected chi connectivity index (χ0v) is 19.3. The van der Waals surface area contributed by atoms with Gasteiger partial charge in [-0.25, -0.2) is 13.1 Å². The number of anilines is 2. The second-order valence-electron chi connectivity index (χ2n) is 8.15. The fraction of sp³-hybridized carbons (Fsp3) is 0.250. The van der Waals surface area contributed by atoms with E-state index in [0.717, 1.165) is 29.9 Å². The van der Waals surface area contributed by atoms with Crippen molar-refractivity contribution in [2.45, 2.75) is 17.4 Å². The summed E-state index contributed by atoms with van der Waals surface area (Å²) in [5.41, 5.74) is 3.85. The maximum Gasteiger partial charge on any atom is 0.289 e. The lowest BCUT2D eigenvalue weighted by atomic mass is 10.0. The van der Waals surface area contributed by atoms with Crippen LogP contribution in [0.3, 0.4) is 0 Å². The Balaban J connectivity index is 1.67. The zero-order valence-electron chi connectivity index (χ0n) is 18.5. The number of para-hydroxylation sites is 2. The van der Waals surface area contributed by atoms with Gasteiger partial charge in [0, 0.05) is 44.6 Å². The van der Waals surface area contributed by atoms with Gasteiger partial charge in [-0.05, 0) is 41.8 Å². The van der Waals surface area contributed by atoms with Gasteiger partial charge in [-0.1, -0.05) is 42.5 Å². The predicted octanol–water partition coefficient (Wildman–Crippen LogP) is 3.74. The van der Waals surface area contributed by atoms with Crippen molar-refractivity contribution < 1.29 is 13.3 Å². The van der Waals surface area contributed by atoms with Crippen molar-refractivity contribution in [3.63, 3.8) is 0 Å². The number of hydrogen-bond donors (Lipinski definition) is 1. The molecule has 4 rings (SSSR count). The highest BCUT2D eigenvalue weighted by molar-refractivity contribution is 7.89. The monoisotopic (exact) mass is 466 g/mol. The highest BCUT2D eigenvalue weighted by Gasteiger charge is 2.30. The van der Waals surface area contributed by atoms with E-state index in [-0.39, 0.29) is 17.5 Å². The molecule has 0 spiro atoms. The number of sulfonamides is 1. The molecule has 0 aliphatic carbocycles. The Hall–Kier alpha value is -3.43. The van der Waals surface area contributed by atoms with E-state index in [1.807, 2.05) is 61.5 Å². The third kappa shape index (κ3) is 4.69. The summed E-state index contributed by atoms with van der Waals surface area (Å²) < 4.78 is 28.7. The molecule has 1 unspecified atom stereocenters. The smallest absolute Gasteiger partial charge is 0.289 e. The van der Waals surface area contributed by atoms with Gasteiger partial charge < -0.3 is 9.80 Å². The molecule has 1 atom stereocenters. The first-order chi connectivity index (χ1) is 15.8. The Labute approximate surface area is 193 Å². The van der Waals surface area contributed by atoms with E-state index in [1.165, 1.54) is 29.8 Å². The number of hydrogen-bond acceptors (Lipinski definition) is 6. The summed E-state index contributed by atoms with van der Waals surface area (Å²) in [5.74, 6) is 0. The second kappa shape index (κ2) is 9.21. The minimum absolute atomic E-state index is 0.0734. The Morgan fingerprint density at radius 2 is 1.70 bits per heavy atom. The standard InChI is InChI=1S/C24H26N4O4S/c1-26(2)20-13-11-19(12-14-20)23(27-16-15-18-7-3-4-8-21(18)27)17-25-33(31,32)24-10-6-5-9-22(24)28(29)30/h3-14,23,25H,15-17H2,1-2H3. The van der Waals surface area contributed by atoms with E-state index >= 15 is 0 Å². The average molecular weight is 467 g/mol. The van der Waals surface area contributed by atoms with Gasteiger partial charge in [0.25, 0.3) is 5.69 Å². The van der Waals surface area contributed by atoms with E-state index in [9.17, 15) is 18.5 Å².